The molecule has 1 amide bonds. The zero-order valence-corrected chi connectivity index (χ0v) is 13.2. The van der Waals surface area contributed by atoms with Crippen molar-refractivity contribution in [2.45, 2.75) is 6.54 Å². The van der Waals surface area contributed by atoms with Gasteiger partial charge in [-0.15, -0.1) is 0 Å². The third-order valence-corrected chi connectivity index (χ3v) is 3.40. The fourth-order valence-corrected chi connectivity index (χ4v) is 2.18. The number of nitrogens with zero attached hydrogens (tertiary/aromatic N) is 1. The number of aromatic nitrogens is 1. The minimum Gasteiger partial charge on any atom is -0.493 e. The molecule has 2 heterocycles. The highest BCUT2D eigenvalue weighted by molar-refractivity contribution is 5.94. The van der Waals surface area contributed by atoms with Gasteiger partial charge in [-0.1, -0.05) is 5.16 Å². The van der Waals surface area contributed by atoms with Crippen molar-refractivity contribution in [2.75, 3.05) is 14.2 Å². The van der Waals surface area contributed by atoms with Gasteiger partial charge < -0.3 is 23.7 Å². The molecule has 0 aliphatic heterocycles. The van der Waals surface area contributed by atoms with Gasteiger partial charge in [0.2, 0.25) is 5.76 Å². The molecule has 0 saturated heterocycles. The summed E-state index contributed by atoms with van der Waals surface area (Å²) in [6.45, 7) is 0.234. The van der Waals surface area contributed by atoms with Crippen LogP contribution >= 0.6 is 0 Å². The zero-order chi connectivity index (χ0) is 16.9. The third kappa shape index (κ3) is 3.24. The smallest absolute Gasteiger partial charge is 0.251 e. The molecule has 0 radical (unpaired) electrons. The Morgan fingerprint density at radius 2 is 1.96 bits per heavy atom. The fourth-order valence-electron chi connectivity index (χ4n) is 2.18. The van der Waals surface area contributed by atoms with Crippen molar-refractivity contribution in [3.05, 3.63) is 53.9 Å². The summed E-state index contributed by atoms with van der Waals surface area (Å²) in [5.74, 6) is 1.90. The van der Waals surface area contributed by atoms with E-state index in [1.54, 1.807) is 49.8 Å². The molecule has 7 heteroatoms. The van der Waals surface area contributed by atoms with Gasteiger partial charge in [-0.3, -0.25) is 4.79 Å². The lowest BCUT2D eigenvalue weighted by Gasteiger charge is -2.09. The Bertz CT molecular complexity index is 823. The average molecular weight is 328 g/mol. The molecule has 7 nitrogen and oxygen atoms in total. The van der Waals surface area contributed by atoms with Crippen molar-refractivity contribution >= 4 is 5.91 Å². The van der Waals surface area contributed by atoms with E-state index in [0.29, 0.717) is 34.3 Å². The second-order valence-corrected chi connectivity index (χ2v) is 4.91. The summed E-state index contributed by atoms with van der Waals surface area (Å²) in [7, 11) is 3.06. The maximum Gasteiger partial charge on any atom is 0.251 e. The van der Waals surface area contributed by atoms with E-state index in [9.17, 15) is 4.79 Å². The molecule has 0 saturated carbocycles. The van der Waals surface area contributed by atoms with Crippen LogP contribution in [0.15, 0.2) is 51.6 Å². The predicted octanol–water partition coefficient (Wildman–Crippen LogP) is 2.88. The molecule has 3 rings (SSSR count). The summed E-state index contributed by atoms with van der Waals surface area (Å²) in [5, 5.41) is 6.68. The SMILES string of the molecule is COc1ccc(C(=O)NCc2cc(-c3ccco3)on2)cc1OC. The van der Waals surface area contributed by atoms with Crippen molar-refractivity contribution in [3.63, 3.8) is 0 Å². The number of hydrogen-bond acceptors (Lipinski definition) is 6. The summed E-state index contributed by atoms with van der Waals surface area (Å²) in [4.78, 5) is 12.2. The number of amides is 1. The second kappa shape index (κ2) is 6.91. The van der Waals surface area contributed by atoms with Crippen molar-refractivity contribution in [3.8, 4) is 23.0 Å². The number of carbonyl (C=O) groups is 1. The maximum atomic E-state index is 12.2. The molecule has 0 atom stereocenters. The van der Waals surface area contributed by atoms with Gasteiger partial charge in [0.25, 0.3) is 5.91 Å². The van der Waals surface area contributed by atoms with Crippen LogP contribution in [0, 0.1) is 0 Å². The van der Waals surface area contributed by atoms with Crippen molar-refractivity contribution < 1.29 is 23.2 Å². The van der Waals surface area contributed by atoms with Crippen LogP contribution < -0.4 is 14.8 Å². The highest BCUT2D eigenvalue weighted by atomic mass is 16.5. The van der Waals surface area contributed by atoms with E-state index < -0.39 is 0 Å². The number of rotatable bonds is 6. The fraction of sp³-hybridized carbons (Fsp3) is 0.176. The number of hydrogen-bond donors (Lipinski definition) is 1. The summed E-state index contributed by atoms with van der Waals surface area (Å²) in [6.07, 6.45) is 1.55. The van der Waals surface area contributed by atoms with E-state index in [-0.39, 0.29) is 12.5 Å². The van der Waals surface area contributed by atoms with E-state index in [0.717, 1.165) is 0 Å². The summed E-state index contributed by atoms with van der Waals surface area (Å²) in [6, 6.07) is 10.2. The lowest BCUT2D eigenvalue weighted by Crippen LogP contribution is -2.22. The van der Waals surface area contributed by atoms with Crippen LogP contribution in [0.4, 0.5) is 0 Å². The van der Waals surface area contributed by atoms with Gasteiger partial charge in [0.1, 0.15) is 5.69 Å². The van der Waals surface area contributed by atoms with E-state index in [1.165, 1.54) is 7.11 Å². The number of methoxy groups -OCH3 is 2. The Hall–Kier alpha value is -3.22. The van der Waals surface area contributed by atoms with Crippen molar-refractivity contribution in [1.82, 2.24) is 10.5 Å². The summed E-state index contributed by atoms with van der Waals surface area (Å²) < 4.78 is 20.8. The number of nitrogens with one attached hydrogen (secondary N) is 1. The average Bonchev–Trinajstić information content (AvgIpc) is 3.30. The quantitative estimate of drug-likeness (QED) is 0.749. The van der Waals surface area contributed by atoms with Gasteiger partial charge in [-0.25, -0.2) is 0 Å². The first kappa shape index (κ1) is 15.7. The monoisotopic (exact) mass is 328 g/mol. The topological polar surface area (TPSA) is 86.7 Å². The van der Waals surface area contributed by atoms with E-state index in [2.05, 4.69) is 10.5 Å². The molecule has 1 N–H and O–H groups in total. The molecule has 0 bridgehead atoms. The van der Waals surface area contributed by atoms with Gasteiger partial charge in [0.15, 0.2) is 17.3 Å². The highest BCUT2D eigenvalue weighted by Gasteiger charge is 2.13. The van der Waals surface area contributed by atoms with Crippen molar-refractivity contribution in [1.29, 1.82) is 0 Å². The Morgan fingerprint density at radius 3 is 2.67 bits per heavy atom. The van der Waals surface area contributed by atoms with Gasteiger partial charge in [0, 0.05) is 11.6 Å². The molecule has 0 aliphatic rings. The molecular weight excluding hydrogens is 312 g/mol. The van der Waals surface area contributed by atoms with Crippen LogP contribution in [0.5, 0.6) is 11.5 Å². The Kier molecular flexibility index (Phi) is 4.51. The van der Waals surface area contributed by atoms with Crippen LogP contribution in [0.2, 0.25) is 0 Å². The standard InChI is InChI=1S/C17H16N2O5/c1-21-13-6-5-11(8-15(13)22-2)17(20)18-10-12-9-16(24-19-12)14-4-3-7-23-14/h3-9H,10H2,1-2H3,(H,18,20). The molecule has 2 aromatic heterocycles. The van der Waals surface area contributed by atoms with Gasteiger partial charge in [0.05, 0.1) is 27.0 Å². The molecule has 0 fully saturated rings. The van der Waals surface area contributed by atoms with Gasteiger partial charge in [-0.05, 0) is 30.3 Å². The maximum absolute atomic E-state index is 12.2. The van der Waals surface area contributed by atoms with Crippen molar-refractivity contribution in [2.24, 2.45) is 0 Å². The first-order chi connectivity index (χ1) is 11.7. The minimum absolute atomic E-state index is 0.234. The normalized spacial score (nSPS) is 10.4. The van der Waals surface area contributed by atoms with E-state index in [1.807, 2.05) is 0 Å². The van der Waals surface area contributed by atoms with Gasteiger partial charge in [-0.2, -0.15) is 0 Å². The molecule has 1 aromatic carbocycles. The largest absolute Gasteiger partial charge is 0.493 e. The van der Waals surface area contributed by atoms with Crippen LogP contribution in [0.1, 0.15) is 16.1 Å². The minimum atomic E-state index is -0.251. The number of benzene rings is 1. The van der Waals surface area contributed by atoms with Crippen LogP contribution in [0.3, 0.4) is 0 Å². The third-order valence-electron chi connectivity index (χ3n) is 3.40. The molecule has 3 aromatic rings. The Labute approximate surface area is 138 Å². The summed E-state index contributed by atoms with van der Waals surface area (Å²) in [5.41, 5.74) is 1.05. The van der Waals surface area contributed by atoms with E-state index >= 15 is 0 Å². The first-order valence-corrected chi connectivity index (χ1v) is 7.21. The Balaban J connectivity index is 1.65. The number of furan rings is 1. The summed E-state index contributed by atoms with van der Waals surface area (Å²) >= 11 is 0. The lowest BCUT2D eigenvalue weighted by molar-refractivity contribution is 0.0949. The van der Waals surface area contributed by atoms with Crippen LogP contribution in [-0.4, -0.2) is 25.3 Å². The van der Waals surface area contributed by atoms with Crippen LogP contribution in [0.25, 0.3) is 11.5 Å². The van der Waals surface area contributed by atoms with E-state index in [4.69, 9.17) is 18.4 Å². The highest BCUT2D eigenvalue weighted by Crippen LogP contribution is 2.27. The molecule has 24 heavy (non-hydrogen) atoms. The second-order valence-electron chi connectivity index (χ2n) is 4.91. The predicted molar refractivity (Wildman–Crippen MR) is 84.9 cm³/mol. The Morgan fingerprint density at radius 1 is 1.12 bits per heavy atom. The molecule has 0 aliphatic carbocycles. The number of ether oxygens (including phenoxy) is 2. The zero-order valence-electron chi connectivity index (χ0n) is 13.2. The number of carbonyl (C=O) groups excluding carboxylic acids is 1. The lowest BCUT2D eigenvalue weighted by atomic mass is 10.2. The van der Waals surface area contributed by atoms with Gasteiger partial charge >= 0.3 is 0 Å². The molecular formula is C17H16N2O5. The van der Waals surface area contributed by atoms with Crippen LogP contribution in [-0.2, 0) is 6.54 Å². The molecule has 124 valence electrons. The first-order valence-electron chi connectivity index (χ1n) is 7.21. The molecule has 0 spiro atoms. The molecule has 0 unspecified atom stereocenters.